The average molecular weight is 226 g/mol. The minimum Gasteiger partial charge on any atom is -0.384 e. The van der Waals surface area contributed by atoms with Crippen molar-refractivity contribution in [3.63, 3.8) is 0 Å². The zero-order chi connectivity index (χ0) is 12.0. The molecule has 0 aliphatic heterocycles. The molecular weight excluding hydrogens is 200 g/mol. The first-order chi connectivity index (χ1) is 7.67. The Labute approximate surface area is 99.8 Å². The third-order valence-electron chi connectivity index (χ3n) is 4.17. The molecule has 0 amide bonds. The van der Waals surface area contributed by atoms with Gasteiger partial charge in [0.1, 0.15) is 5.78 Å². The lowest BCUT2D eigenvalue weighted by atomic mass is 9.74. The molecule has 0 N–H and O–H groups in total. The number of rotatable bonds is 7. The molecule has 0 aromatic heterocycles. The summed E-state index contributed by atoms with van der Waals surface area (Å²) in [7, 11) is 1.71. The molecule has 0 radical (unpaired) electrons. The summed E-state index contributed by atoms with van der Waals surface area (Å²) in [5, 5.41) is 0. The van der Waals surface area contributed by atoms with Crippen LogP contribution in [0, 0.1) is 11.3 Å². The smallest absolute Gasteiger partial charge is 0.141 e. The first-order valence-corrected chi connectivity index (χ1v) is 6.69. The van der Waals surface area contributed by atoms with Crippen molar-refractivity contribution in [1.82, 2.24) is 0 Å². The summed E-state index contributed by atoms with van der Waals surface area (Å²) in [6.07, 6.45) is 7.55. The summed E-state index contributed by atoms with van der Waals surface area (Å²) < 4.78 is 5.31. The van der Waals surface area contributed by atoms with Crippen LogP contribution in [0.1, 0.15) is 58.8 Å². The van der Waals surface area contributed by atoms with E-state index in [4.69, 9.17) is 4.74 Å². The van der Waals surface area contributed by atoms with E-state index in [0.717, 1.165) is 19.3 Å². The van der Waals surface area contributed by atoms with Crippen molar-refractivity contribution >= 4 is 5.78 Å². The van der Waals surface area contributed by atoms with Crippen molar-refractivity contribution in [2.24, 2.45) is 11.3 Å². The van der Waals surface area contributed by atoms with Gasteiger partial charge in [-0.1, -0.05) is 33.1 Å². The summed E-state index contributed by atoms with van der Waals surface area (Å²) in [6.45, 7) is 5.01. The highest BCUT2D eigenvalue weighted by molar-refractivity contribution is 5.85. The van der Waals surface area contributed by atoms with E-state index in [1.165, 1.54) is 25.7 Å². The monoisotopic (exact) mass is 226 g/mol. The minimum atomic E-state index is -0.150. The molecule has 0 spiro atoms. The number of Topliss-reactive ketones (excluding diaryl/α,β-unsaturated/α-hetero) is 1. The summed E-state index contributed by atoms with van der Waals surface area (Å²) >= 11 is 0. The van der Waals surface area contributed by atoms with E-state index in [2.05, 4.69) is 13.8 Å². The van der Waals surface area contributed by atoms with E-state index >= 15 is 0 Å². The molecular formula is C14H26O2. The van der Waals surface area contributed by atoms with Gasteiger partial charge in [-0.2, -0.15) is 0 Å². The first-order valence-electron chi connectivity index (χ1n) is 6.69. The Balaban J connectivity index is 2.58. The molecule has 0 bridgehead atoms. The van der Waals surface area contributed by atoms with Crippen molar-refractivity contribution in [2.45, 2.75) is 58.8 Å². The molecule has 16 heavy (non-hydrogen) atoms. The molecule has 1 saturated carbocycles. The third-order valence-corrected chi connectivity index (χ3v) is 4.17. The molecule has 1 fully saturated rings. The van der Waals surface area contributed by atoms with E-state index in [0.29, 0.717) is 18.3 Å². The van der Waals surface area contributed by atoms with Gasteiger partial charge in [-0.05, 0) is 25.2 Å². The van der Waals surface area contributed by atoms with Crippen LogP contribution in [0.25, 0.3) is 0 Å². The van der Waals surface area contributed by atoms with Gasteiger partial charge in [0.25, 0.3) is 0 Å². The number of hydrogen-bond donors (Lipinski definition) is 0. The molecule has 2 heteroatoms. The Morgan fingerprint density at radius 1 is 1.44 bits per heavy atom. The molecule has 1 rings (SSSR count). The molecule has 0 heterocycles. The highest BCUT2D eigenvalue weighted by Crippen LogP contribution is 2.45. The zero-order valence-electron chi connectivity index (χ0n) is 11.1. The van der Waals surface area contributed by atoms with Crippen LogP contribution in [0.5, 0.6) is 0 Å². The van der Waals surface area contributed by atoms with Crippen LogP contribution in [0.3, 0.4) is 0 Å². The maximum Gasteiger partial charge on any atom is 0.141 e. The Morgan fingerprint density at radius 3 is 2.69 bits per heavy atom. The van der Waals surface area contributed by atoms with Gasteiger partial charge in [0.05, 0.1) is 12.0 Å². The topological polar surface area (TPSA) is 26.3 Å². The predicted octanol–water partition coefficient (Wildman–Crippen LogP) is 3.59. The Hall–Kier alpha value is -0.370. The average Bonchev–Trinajstić information content (AvgIpc) is 2.62. The number of ketones is 1. The normalized spacial score (nSPS) is 29.6. The molecule has 1 aliphatic rings. The summed E-state index contributed by atoms with van der Waals surface area (Å²) in [5.41, 5.74) is -0.150. The van der Waals surface area contributed by atoms with Gasteiger partial charge in [-0.3, -0.25) is 4.79 Å². The van der Waals surface area contributed by atoms with Crippen LogP contribution in [-0.2, 0) is 9.53 Å². The Morgan fingerprint density at radius 2 is 2.19 bits per heavy atom. The van der Waals surface area contributed by atoms with E-state index in [9.17, 15) is 4.79 Å². The SMILES string of the molecule is CCCCCC(=O)[C@]1(COC)CCCC1C. The lowest BCUT2D eigenvalue weighted by Gasteiger charge is -2.31. The zero-order valence-corrected chi connectivity index (χ0v) is 11.1. The molecule has 1 aliphatic carbocycles. The van der Waals surface area contributed by atoms with Gasteiger partial charge in [-0.25, -0.2) is 0 Å². The van der Waals surface area contributed by atoms with E-state index < -0.39 is 0 Å². The van der Waals surface area contributed by atoms with Gasteiger partial charge >= 0.3 is 0 Å². The maximum absolute atomic E-state index is 12.4. The maximum atomic E-state index is 12.4. The van der Waals surface area contributed by atoms with Gasteiger partial charge in [0, 0.05) is 13.5 Å². The molecule has 2 nitrogen and oxygen atoms in total. The van der Waals surface area contributed by atoms with Gasteiger partial charge in [-0.15, -0.1) is 0 Å². The number of ether oxygens (including phenoxy) is 1. The van der Waals surface area contributed by atoms with Crippen LogP contribution >= 0.6 is 0 Å². The second-order valence-electron chi connectivity index (χ2n) is 5.26. The molecule has 0 aromatic rings. The molecule has 1 unspecified atom stereocenters. The van der Waals surface area contributed by atoms with Crippen LogP contribution in [0.15, 0.2) is 0 Å². The van der Waals surface area contributed by atoms with Crippen LogP contribution in [0.2, 0.25) is 0 Å². The summed E-state index contributed by atoms with van der Waals surface area (Å²) in [6, 6.07) is 0. The van der Waals surface area contributed by atoms with Crippen molar-refractivity contribution in [3.05, 3.63) is 0 Å². The summed E-state index contributed by atoms with van der Waals surface area (Å²) in [4.78, 5) is 12.4. The van der Waals surface area contributed by atoms with Crippen molar-refractivity contribution < 1.29 is 9.53 Å². The molecule has 0 aromatic carbocycles. The standard InChI is InChI=1S/C14H26O2/c1-4-5-6-9-13(15)14(11-16-3)10-7-8-12(14)2/h12H,4-11H2,1-3H3/t12?,14-/m0/s1. The second kappa shape index (κ2) is 6.39. The fourth-order valence-corrected chi connectivity index (χ4v) is 3.00. The van der Waals surface area contributed by atoms with E-state index in [1.54, 1.807) is 7.11 Å². The summed E-state index contributed by atoms with van der Waals surface area (Å²) in [5.74, 6) is 0.953. The second-order valence-corrected chi connectivity index (χ2v) is 5.26. The Bertz CT molecular complexity index is 225. The quantitative estimate of drug-likeness (QED) is 0.620. The van der Waals surface area contributed by atoms with Gasteiger partial charge in [0.2, 0.25) is 0 Å². The highest BCUT2D eigenvalue weighted by Gasteiger charge is 2.45. The lowest BCUT2D eigenvalue weighted by molar-refractivity contribution is -0.134. The molecule has 0 saturated heterocycles. The van der Waals surface area contributed by atoms with Crippen LogP contribution in [0.4, 0.5) is 0 Å². The van der Waals surface area contributed by atoms with Gasteiger partial charge < -0.3 is 4.74 Å². The largest absolute Gasteiger partial charge is 0.384 e. The van der Waals surface area contributed by atoms with E-state index in [1.807, 2.05) is 0 Å². The highest BCUT2D eigenvalue weighted by atomic mass is 16.5. The molecule has 94 valence electrons. The van der Waals surface area contributed by atoms with Crippen molar-refractivity contribution in [3.8, 4) is 0 Å². The van der Waals surface area contributed by atoms with E-state index in [-0.39, 0.29) is 5.41 Å². The number of methoxy groups -OCH3 is 1. The van der Waals surface area contributed by atoms with Crippen LogP contribution in [-0.4, -0.2) is 19.5 Å². The van der Waals surface area contributed by atoms with Crippen LogP contribution < -0.4 is 0 Å². The molecule has 2 atom stereocenters. The number of carbonyl (C=O) groups is 1. The predicted molar refractivity (Wildman–Crippen MR) is 66.5 cm³/mol. The number of carbonyl (C=O) groups excluding carboxylic acids is 1. The Kier molecular flexibility index (Phi) is 5.47. The van der Waals surface area contributed by atoms with Crippen molar-refractivity contribution in [1.29, 1.82) is 0 Å². The number of hydrogen-bond acceptors (Lipinski definition) is 2. The van der Waals surface area contributed by atoms with Crippen molar-refractivity contribution in [2.75, 3.05) is 13.7 Å². The number of unbranched alkanes of at least 4 members (excludes halogenated alkanes) is 2. The first kappa shape index (κ1) is 13.7. The van der Waals surface area contributed by atoms with Gasteiger partial charge in [0.15, 0.2) is 0 Å². The fraction of sp³-hybridized carbons (Fsp3) is 0.929. The fourth-order valence-electron chi connectivity index (χ4n) is 3.00. The third kappa shape index (κ3) is 2.85. The lowest BCUT2D eigenvalue weighted by Crippen LogP contribution is -2.38. The minimum absolute atomic E-state index is 0.150.